The van der Waals surface area contributed by atoms with Gasteiger partial charge in [0, 0.05) is 18.8 Å². The Labute approximate surface area is 110 Å². The third-order valence-electron chi connectivity index (χ3n) is 3.75. The topological polar surface area (TPSA) is 38.5 Å². The van der Waals surface area contributed by atoms with Crippen LogP contribution in [0, 0.1) is 0 Å². The van der Waals surface area contributed by atoms with Crippen molar-refractivity contribution in [3.8, 4) is 0 Å². The van der Waals surface area contributed by atoms with E-state index >= 15 is 0 Å². The van der Waals surface area contributed by atoms with Crippen LogP contribution in [0.2, 0.25) is 0 Å². The summed E-state index contributed by atoms with van der Waals surface area (Å²) in [6.07, 6.45) is 2.13. The Kier molecular flexibility index (Phi) is 4.61. The van der Waals surface area contributed by atoms with Crippen molar-refractivity contribution in [2.24, 2.45) is 5.73 Å². The summed E-state index contributed by atoms with van der Waals surface area (Å²) in [4.78, 5) is 2.46. The molecular formula is C15H24N2O. The molecule has 0 spiro atoms. The fourth-order valence-corrected chi connectivity index (χ4v) is 2.73. The lowest BCUT2D eigenvalue weighted by Crippen LogP contribution is -2.50. The van der Waals surface area contributed by atoms with Crippen LogP contribution in [0.4, 0.5) is 5.69 Å². The number of anilines is 1. The van der Waals surface area contributed by atoms with Gasteiger partial charge < -0.3 is 15.4 Å². The van der Waals surface area contributed by atoms with E-state index in [2.05, 4.69) is 36.9 Å². The average molecular weight is 248 g/mol. The van der Waals surface area contributed by atoms with Crippen molar-refractivity contribution in [3.63, 3.8) is 0 Å². The zero-order chi connectivity index (χ0) is 13.0. The molecule has 0 aromatic heterocycles. The molecule has 1 aromatic rings. The van der Waals surface area contributed by atoms with E-state index in [1.165, 1.54) is 16.8 Å². The monoisotopic (exact) mass is 248 g/mol. The maximum atomic E-state index is 5.89. The van der Waals surface area contributed by atoms with Crippen molar-refractivity contribution < 1.29 is 4.74 Å². The normalized spacial score (nSPS) is 20.2. The predicted molar refractivity (Wildman–Crippen MR) is 76.2 cm³/mol. The molecule has 3 nitrogen and oxygen atoms in total. The second-order valence-electron chi connectivity index (χ2n) is 4.79. The lowest BCUT2D eigenvalue weighted by Gasteiger charge is -2.39. The SMILES string of the molecule is CCc1cccc(CC)c1N1CCOCC1CN. The summed E-state index contributed by atoms with van der Waals surface area (Å²) < 4.78 is 5.55. The standard InChI is InChI=1S/C15H24N2O/c1-3-12-6-5-7-13(4-2)15(12)17-8-9-18-11-14(17)10-16/h5-7,14H,3-4,8-11,16H2,1-2H3. The van der Waals surface area contributed by atoms with E-state index < -0.39 is 0 Å². The van der Waals surface area contributed by atoms with Crippen LogP contribution >= 0.6 is 0 Å². The number of hydrogen-bond donors (Lipinski definition) is 1. The molecule has 1 heterocycles. The fourth-order valence-electron chi connectivity index (χ4n) is 2.73. The molecule has 18 heavy (non-hydrogen) atoms. The van der Waals surface area contributed by atoms with Crippen LogP contribution in [0.25, 0.3) is 0 Å². The van der Waals surface area contributed by atoms with Crippen molar-refractivity contribution in [1.82, 2.24) is 0 Å². The Morgan fingerprint density at radius 3 is 2.50 bits per heavy atom. The third-order valence-corrected chi connectivity index (χ3v) is 3.75. The van der Waals surface area contributed by atoms with E-state index in [1.54, 1.807) is 0 Å². The number of nitrogens with zero attached hydrogens (tertiary/aromatic N) is 1. The van der Waals surface area contributed by atoms with Crippen LogP contribution in [0.1, 0.15) is 25.0 Å². The van der Waals surface area contributed by atoms with Gasteiger partial charge in [0.05, 0.1) is 19.3 Å². The van der Waals surface area contributed by atoms with Crippen LogP contribution in [0.3, 0.4) is 0 Å². The molecule has 1 unspecified atom stereocenters. The first-order valence-electron chi connectivity index (χ1n) is 6.97. The maximum Gasteiger partial charge on any atom is 0.0683 e. The summed E-state index contributed by atoms with van der Waals surface area (Å²) in [5, 5.41) is 0. The van der Waals surface area contributed by atoms with Crippen molar-refractivity contribution >= 4 is 5.69 Å². The lowest BCUT2D eigenvalue weighted by atomic mass is 10.00. The summed E-state index contributed by atoms with van der Waals surface area (Å²) in [7, 11) is 0. The zero-order valence-electron chi connectivity index (χ0n) is 11.5. The van der Waals surface area contributed by atoms with Gasteiger partial charge >= 0.3 is 0 Å². The summed E-state index contributed by atoms with van der Waals surface area (Å²) >= 11 is 0. The molecule has 1 aliphatic heterocycles. The molecule has 0 amide bonds. The van der Waals surface area contributed by atoms with Gasteiger partial charge in [0.1, 0.15) is 0 Å². The average Bonchev–Trinajstić information content (AvgIpc) is 2.46. The highest BCUT2D eigenvalue weighted by molar-refractivity contribution is 5.61. The van der Waals surface area contributed by atoms with E-state index in [0.717, 1.165) is 32.6 Å². The second-order valence-corrected chi connectivity index (χ2v) is 4.79. The molecule has 2 N–H and O–H groups in total. The Hall–Kier alpha value is -1.06. The first-order chi connectivity index (χ1) is 8.81. The van der Waals surface area contributed by atoms with Gasteiger partial charge in [-0.15, -0.1) is 0 Å². The second kappa shape index (κ2) is 6.21. The highest BCUT2D eigenvalue weighted by Gasteiger charge is 2.25. The lowest BCUT2D eigenvalue weighted by molar-refractivity contribution is 0.0961. The van der Waals surface area contributed by atoms with Crippen LogP contribution in [-0.4, -0.2) is 32.3 Å². The molecule has 3 heteroatoms. The minimum atomic E-state index is 0.316. The number of aryl methyl sites for hydroxylation is 2. The minimum Gasteiger partial charge on any atom is -0.377 e. The summed E-state index contributed by atoms with van der Waals surface area (Å²) in [6.45, 7) is 7.59. The molecular weight excluding hydrogens is 224 g/mol. The van der Waals surface area contributed by atoms with E-state index in [0.29, 0.717) is 12.6 Å². The van der Waals surface area contributed by atoms with Crippen molar-refractivity contribution in [2.75, 3.05) is 31.2 Å². The van der Waals surface area contributed by atoms with Crippen LogP contribution in [0.5, 0.6) is 0 Å². The Morgan fingerprint density at radius 2 is 1.94 bits per heavy atom. The molecule has 2 rings (SSSR count). The van der Waals surface area contributed by atoms with E-state index in [4.69, 9.17) is 10.5 Å². The van der Waals surface area contributed by atoms with Crippen molar-refractivity contribution in [3.05, 3.63) is 29.3 Å². The van der Waals surface area contributed by atoms with Gasteiger partial charge in [0.15, 0.2) is 0 Å². The van der Waals surface area contributed by atoms with Gasteiger partial charge in [0.2, 0.25) is 0 Å². The van der Waals surface area contributed by atoms with Crippen molar-refractivity contribution in [2.45, 2.75) is 32.7 Å². The summed E-state index contributed by atoms with van der Waals surface area (Å²) in [5.74, 6) is 0. The molecule has 1 aromatic carbocycles. The van der Waals surface area contributed by atoms with Gasteiger partial charge in [-0.05, 0) is 24.0 Å². The largest absolute Gasteiger partial charge is 0.377 e. The van der Waals surface area contributed by atoms with Crippen LogP contribution in [0.15, 0.2) is 18.2 Å². The first-order valence-corrected chi connectivity index (χ1v) is 6.97. The van der Waals surface area contributed by atoms with Gasteiger partial charge in [-0.3, -0.25) is 0 Å². The van der Waals surface area contributed by atoms with Gasteiger partial charge in [-0.2, -0.15) is 0 Å². The number of hydrogen-bond acceptors (Lipinski definition) is 3. The highest BCUT2D eigenvalue weighted by atomic mass is 16.5. The van der Waals surface area contributed by atoms with E-state index in [9.17, 15) is 0 Å². The minimum absolute atomic E-state index is 0.316. The molecule has 1 fully saturated rings. The van der Waals surface area contributed by atoms with Gasteiger partial charge in [0.25, 0.3) is 0 Å². The number of benzene rings is 1. The molecule has 1 saturated heterocycles. The quantitative estimate of drug-likeness (QED) is 0.885. The maximum absolute atomic E-state index is 5.89. The van der Waals surface area contributed by atoms with Gasteiger partial charge in [-0.25, -0.2) is 0 Å². The predicted octanol–water partition coefficient (Wildman–Crippen LogP) is 1.98. The molecule has 100 valence electrons. The van der Waals surface area contributed by atoms with Crippen LogP contribution < -0.4 is 10.6 Å². The van der Waals surface area contributed by atoms with E-state index in [1.807, 2.05) is 0 Å². The number of para-hydroxylation sites is 1. The first kappa shape index (κ1) is 13.4. The molecule has 0 aliphatic carbocycles. The zero-order valence-corrected chi connectivity index (χ0v) is 11.5. The number of nitrogens with two attached hydrogens (primary N) is 1. The number of ether oxygens (including phenoxy) is 1. The Bertz CT molecular complexity index is 370. The Balaban J connectivity index is 2.40. The van der Waals surface area contributed by atoms with Crippen molar-refractivity contribution in [1.29, 1.82) is 0 Å². The van der Waals surface area contributed by atoms with E-state index in [-0.39, 0.29) is 0 Å². The summed E-state index contributed by atoms with van der Waals surface area (Å²) in [6, 6.07) is 6.95. The van der Waals surface area contributed by atoms with Gasteiger partial charge in [-0.1, -0.05) is 32.0 Å². The number of morpholine rings is 1. The molecule has 0 bridgehead atoms. The smallest absolute Gasteiger partial charge is 0.0683 e. The molecule has 0 radical (unpaired) electrons. The highest BCUT2D eigenvalue weighted by Crippen LogP contribution is 2.29. The molecule has 0 saturated carbocycles. The third kappa shape index (κ3) is 2.52. The van der Waals surface area contributed by atoms with Crippen LogP contribution in [-0.2, 0) is 17.6 Å². The molecule has 1 aliphatic rings. The summed E-state index contributed by atoms with van der Waals surface area (Å²) in [5.41, 5.74) is 10.1. The fraction of sp³-hybridized carbons (Fsp3) is 0.600. The number of rotatable bonds is 4. The molecule has 1 atom stereocenters. The Morgan fingerprint density at radius 1 is 1.28 bits per heavy atom.